The molecule has 0 aliphatic carbocycles. The molecule has 2 rings (SSSR count). The summed E-state index contributed by atoms with van der Waals surface area (Å²) in [4.78, 5) is 4.05. The third-order valence-corrected chi connectivity index (χ3v) is 1.88. The molecule has 0 aliphatic heterocycles. The Balaban J connectivity index is 0.00000112. The molecule has 0 fully saturated rings. The van der Waals surface area contributed by atoms with E-state index in [-0.39, 0.29) is 12.4 Å². The number of nitrogens with two attached hydrogens (primary N) is 1. The molecular weight excluding hydrogens is 220 g/mol. The van der Waals surface area contributed by atoms with Gasteiger partial charge in [-0.3, -0.25) is 0 Å². The predicted molar refractivity (Wildman–Crippen MR) is 54.6 cm³/mol. The topological polar surface area (TPSA) is 95.7 Å². The van der Waals surface area contributed by atoms with Gasteiger partial charge in [0.05, 0.1) is 5.69 Å². The van der Waals surface area contributed by atoms with Crippen LogP contribution in [0.25, 0.3) is 0 Å². The van der Waals surface area contributed by atoms with Gasteiger partial charge in [-0.2, -0.15) is 4.98 Å². The molecule has 2 aromatic rings. The average Bonchev–Trinajstić information content (AvgIpc) is 2.67. The highest BCUT2D eigenvalue weighted by Crippen LogP contribution is 2.06. The van der Waals surface area contributed by atoms with Crippen molar-refractivity contribution >= 4 is 18.2 Å². The van der Waals surface area contributed by atoms with Crippen molar-refractivity contribution < 1.29 is 4.52 Å². The van der Waals surface area contributed by atoms with Crippen LogP contribution >= 0.6 is 12.4 Å². The predicted octanol–water partition coefficient (Wildman–Crippen LogP) is 0.330. The van der Waals surface area contributed by atoms with Crippen LogP contribution in [0.5, 0.6) is 0 Å². The number of rotatable bonds is 2. The van der Waals surface area contributed by atoms with Crippen LogP contribution in [0.4, 0.5) is 5.82 Å². The second kappa shape index (κ2) is 4.26. The lowest BCUT2D eigenvalue weighted by atomic mass is 10.4. The minimum Gasteiger partial charge on any atom is -0.381 e. The van der Waals surface area contributed by atoms with Crippen LogP contribution in [0.15, 0.2) is 4.52 Å². The largest absolute Gasteiger partial charge is 0.381 e. The van der Waals surface area contributed by atoms with E-state index in [4.69, 9.17) is 10.3 Å². The van der Waals surface area contributed by atoms with Gasteiger partial charge in [0, 0.05) is 6.92 Å². The van der Waals surface area contributed by atoms with Gasteiger partial charge < -0.3 is 10.3 Å². The van der Waals surface area contributed by atoms with Gasteiger partial charge in [-0.15, -0.1) is 17.5 Å². The molecule has 0 saturated carbocycles. The maximum atomic E-state index is 5.54. The van der Waals surface area contributed by atoms with Crippen LogP contribution in [-0.4, -0.2) is 25.1 Å². The number of aromatic nitrogens is 5. The van der Waals surface area contributed by atoms with Crippen molar-refractivity contribution in [2.24, 2.45) is 0 Å². The molecule has 0 radical (unpaired) electrons. The number of halogens is 1. The van der Waals surface area contributed by atoms with Crippen molar-refractivity contribution in [3.8, 4) is 0 Å². The molecule has 0 atom stereocenters. The zero-order chi connectivity index (χ0) is 10.1. The molecule has 0 spiro atoms. The standard InChI is InChI=1S/C7H10N6O.ClH/c1-4-7(8)10-12-13(4)3-6-9-5(2)14-11-6;/h3,8H2,1-2H3;1H. The number of nitrogens with zero attached hydrogens (tertiary/aromatic N) is 5. The second-order valence-electron chi connectivity index (χ2n) is 2.95. The summed E-state index contributed by atoms with van der Waals surface area (Å²) in [5.74, 6) is 1.52. The summed E-state index contributed by atoms with van der Waals surface area (Å²) in [5.41, 5.74) is 6.34. The Morgan fingerprint density at radius 3 is 2.60 bits per heavy atom. The highest BCUT2D eigenvalue weighted by Gasteiger charge is 2.08. The minimum absolute atomic E-state index is 0. The van der Waals surface area contributed by atoms with E-state index in [1.165, 1.54) is 0 Å². The highest BCUT2D eigenvalue weighted by atomic mass is 35.5. The highest BCUT2D eigenvalue weighted by molar-refractivity contribution is 5.85. The molecule has 0 saturated heterocycles. The van der Waals surface area contributed by atoms with Gasteiger partial charge in [0.1, 0.15) is 6.54 Å². The summed E-state index contributed by atoms with van der Waals surface area (Å²) < 4.78 is 6.45. The van der Waals surface area contributed by atoms with Gasteiger partial charge in [0.2, 0.25) is 5.89 Å². The van der Waals surface area contributed by atoms with Gasteiger partial charge in [-0.05, 0) is 6.92 Å². The maximum absolute atomic E-state index is 5.54. The fraction of sp³-hybridized carbons (Fsp3) is 0.429. The zero-order valence-corrected chi connectivity index (χ0v) is 9.15. The Morgan fingerprint density at radius 1 is 1.40 bits per heavy atom. The van der Waals surface area contributed by atoms with E-state index in [1.807, 2.05) is 6.92 Å². The molecule has 0 bridgehead atoms. The molecule has 0 amide bonds. The average molecular weight is 231 g/mol. The summed E-state index contributed by atoms with van der Waals surface area (Å²) in [5, 5.41) is 11.3. The minimum atomic E-state index is 0. The second-order valence-corrected chi connectivity index (χ2v) is 2.95. The number of hydrogen-bond acceptors (Lipinski definition) is 6. The first-order valence-corrected chi connectivity index (χ1v) is 4.11. The van der Waals surface area contributed by atoms with Crippen LogP contribution in [0, 0.1) is 13.8 Å². The number of hydrogen-bond donors (Lipinski definition) is 1. The first-order valence-electron chi connectivity index (χ1n) is 4.11. The van der Waals surface area contributed by atoms with E-state index >= 15 is 0 Å². The van der Waals surface area contributed by atoms with E-state index in [9.17, 15) is 0 Å². The quantitative estimate of drug-likeness (QED) is 0.799. The smallest absolute Gasteiger partial charge is 0.223 e. The molecule has 2 heterocycles. The summed E-state index contributed by atoms with van der Waals surface area (Å²) in [7, 11) is 0. The zero-order valence-electron chi connectivity index (χ0n) is 8.34. The lowest BCUT2D eigenvalue weighted by molar-refractivity contribution is 0.384. The van der Waals surface area contributed by atoms with Gasteiger partial charge in [0.15, 0.2) is 11.6 Å². The number of nitrogen functional groups attached to an aromatic ring is 1. The maximum Gasteiger partial charge on any atom is 0.223 e. The lowest BCUT2D eigenvalue weighted by Gasteiger charge is -1.97. The molecular formula is C7H11ClN6O. The van der Waals surface area contributed by atoms with Crippen LogP contribution in [0.3, 0.4) is 0 Å². The van der Waals surface area contributed by atoms with Gasteiger partial charge >= 0.3 is 0 Å². The van der Waals surface area contributed by atoms with Gasteiger partial charge in [-0.1, -0.05) is 10.4 Å². The van der Waals surface area contributed by atoms with E-state index < -0.39 is 0 Å². The Kier molecular flexibility index (Phi) is 3.25. The van der Waals surface area contributed by atoms with E-state index in [2.05, 4.69) is 20.5 Å². The number of anilines is 1. The first kappa shape index (κ1) is 11.4. The van der Waals surface area contributed by atoms with Crippen LogP contribution < -0.4 is 5.73 Å². The van der Waals surface area contributed by atoms with Gasteiger partial charge in [-0.25, -0.2) is 4.68 Å². The Hall–Kier alpha value is -1.63. The Labute approximate surface area is 92.1 Å². The van der Waals surface area contributed by atoms with Crippen molar-refractivity contribution in [1.29, 1.82) is 0 Å². The monoisotopic (exact) mass is 230 g/mol. The van der Waals surface area contributed by atoms with E-state index in [0.717, 1.165) is 5.69 Å². The molecule has 0 aliphatic rings. The fourth-order valence-electron chi connectivity index (χ4n) is 1.06. The Morgan fingerprint density at radius 2 is 2.13 bits per heavy atom. The molecule has 82 valence electrons. The molecule has 0 aromatic carbocycles. The Bertz CT molecular complexity index is 450. The summed E-state index contributed by atoms with van der Waals surface area (Å²) in [6.07, 6.45) is 0. The lowest BCUT2D eigenvalue weighted by Crippen LogP contribution is -2.05. The van der Waals surface area contributed by atoms with Crippen molar-refractivity contribution in [3.05, 3.63) is 17.4 Å². The summed E-state index contributed by atoms with van der Waals surface area (Å²) in [6.45, 7) is 3.99. The summed E-state index contributed by atoms with van der Waals surface area (Å²) in [6, 6.07) is 0. The van der Waals surface area contributed by atoms with Crippen molar-refractivity contribution in [2.45, 2.75) is 20.4 Å². The van der Waals surface area contributed by atoms with E-state index in [1.54, 1.807) is 11.6 Å². The molecule has 15 heavy (non-hydrogen) atoms. The molecule has 0 unspecified atom stereocenters. The van der Waals surface area contributed by atoms with E-state index in [0.29, 0.717) is 24.1 Å². The fourth-order valence-corrected chi connectivity index (χ4v) is 1.06. The van der Waals surface area contributed by atoms with Crippen molar-refractivity contribution in [3.63, 3.8) is 0 Å². The van der Waals surface area contributed by atoms with Crippen molar-refractivity contribution in [1.82, 2.24) is 25.1 Å². The molecule has 2 aromatic heterocycles. The van der Waals surface area contributed by atoms with Gasteiger partial charge in [0.25, 0.3) is 0 Å². The van der Waals surface area contributed by atoms with Crippen LogP contribution in [0.2, 0.25) is 0 Å². The van der Waals surface area contributed by atoms with Crippen LogP contribution in [0.1, 0.15) is 17.4 Å². The third-order valence-electron chi connectivity index (χ3n) is 1.88. The molecule has 7 nitrogen and oxygen atoms in total. The molecule has 8 heteroatoms. The SMILES string of the molecule is Cc1nc(Cn2nnc(N)c2C)no1.Cl. The normalized spacial score (nSPS) is 10.0. The number of aryl methyl sites for hydroxylation is 1. The first-order chi connectivity index (χ1) is 6.66. The third kappa shape index (κ3) is 2.24. The van der Waals surface area contributed by atoms with Crippen molar-refractivity contribution in [2.75, 3.05) is 5.73 Å². The van der Waals surface area contributed by atoms with Crippen LogP contribution in [-0.2, 0) is 6.54 Å². The molecule has 2 N–H and O–H groups in total. The summed E-state index contributed by atoms with van der Waals surface area (Å²) >= 11 is 0.